The first-order chi connectivity index (χ1) is 15.5. The average molecular weight is 448 g/mol. The van der Waals surface area contributed by atoms with Crippen LogP contribution in [0, 0.1) is 5.92 Å². The highest BCUT2D eigenvalue weighted by atomic mass is 35.5. The van der Waals surface area contributed by atoms with Crippen LogP contribution in [0.1, 0.15) is 22.3 Å². The highest BCUT2D eigenvalue weighted by molar-refractivity contribution is 6.30. The molecule has 0 saturated carbocycles. The van der Waals surface area contributed by atoms with E-state index in [1.165, 1.54) is 0 Å². The number of nitrogens with zero attached hydrogens (tertiary/aromatic N) is 1. The lowest BCUT2D eigenvalue weighted by molar-refractivity contribution is -0.122. The van der Waals surface area contributed by atoms with Crippen LogP contribution < -0.4 is 15.5 Å². The van der Waals surface area contributed by atoms with Crippen molar-refractivity contribution in [2.24, 2.45) is 5.92 Å². The molecule has 4 rings (SSSR count). The predicted octanol–water partition coefficient (Wildman–Crippen LogP) is 4.26. The van der Waals surface area contributed by atoms with Gasteiger partial charge in [-0.15, -0.1) is 0 Å². The first-order valence-electron chi connectivity index (χ1n) is 10.3. The molecule has 7 heteroatoms. The third-order valence-corrected chi connectivity index (χ3v) is 5.61. The van der Waals surface area contributed by atoms with Gasteiger partial charge in [-0.3, -0.25) is 14.4 Å². The Bertz CT molecular complexity index is 1130. The van der Waals surface area contributed by atoms with E-state index >= 15 is 0 Å². The second-order valence-electron chi connectivity index (χ2n) is 7.58. The predicted molar refractivity (Wildman–Crippen MR) is 125 cm³/mol. The van der Waals surface area contributed by atoms with Crippen LogP contribution in [-0.4, -0.2) is 24.3 Å². The normalized spacial score (nSPS) is 15.5. The number of hydrogen-bond acceptors (Lipinski definition) is 3. The minimum Gasteiger partial charge on any atom is -0.348 e. The van der Waals surface area contributed by atoms with Gasteiger partial charge >= 0.3 is 0 Å². The molecule has 0 aliphatic carbocycles. The van der Waals surface area contributed by atoms with Crippen LogP contribution in [-0.2, 0) is 16.1 Å². The fraction of sp³-hybridized carbons (Fsp3) is 0.160. The van der Waals surface area contributed by atoms with Gasteiger partial charge in [0.15, 0.2) is 0 Å². The number of nitrogens with one attached hydrogen (secondary N) is 2. The number of anilines is 2. The quantitative estimate of drug-likeness (QED) is 0.592. The van der Waals surface area contributed by atoms with Gasteiger partial charge in [-0.05, 0) is 42.0 Å². The fourth-order valence-electron chi connectivity index (χ4n) is 3.65. The first kappa shape index (κ1) is 21.6. The maximum Gasteiger partial charge on any atom is 0.253 e. The van der Waals surface area contributed by atoms with E-state index in [0.717, 1.165) is 5.56 Å². The molecule has 6 nitrogen and oxygen atoms in total. The van der Waals surface area contributed by atoms with Gasteiger partial charge in [-0.2, -0.15) is 0 Å². The molecule has 2 N–H and O–H groups in total. The average Bonchev–Trinajstić information content (AvgIpc) is 3.21. The second kappa shape index (κ2) is 9.66. The molecule has 0 unspecified atom stereocenters. The van der Waals surface area contributed by atoms with Crippen molar-refractivity contribution in [3.8, 4) is 0 Å². The van der Waals surface area contributed by atoms with Crippen LogP contribution in [0.5, 0.6) is 0 Å². The lowest BCUT2D eigenvalue weighted by Gasteiger charge is -2.17. The molecule has 1 heterocycles. The van der Waals surface area contributed by atoms with Crippen molar-refractivity contribution in [2.75, 3.05) is 16.8 Å². The van der Waals surface area contributed by atoms with Crippen LogP contribution in [0.3, 0.4) is 0 Å². The van der Waals surface area contributed by atoms with E-state index in [2.05, 4.69) is 10.6 Å². The standard InChI is InChI=1S/C25H22ClN3O3/c26-19-10-12-20(13-11-19)29-16-18(14-23(29)30)24(31)28-22-9-5-4-8-21(22)25(32)27-15-17-6-2-1-3-7-17/h1-13,18H,14-16H2,(H,27,32)(H,28,31)/t18-/m0/s1. The van der Waals surface area contributed by atoms with Crippen molar-refractivity contribution in [2.45, 2.75) is 13.0 Å². The molecule has 1 fully saturated rings. The van der Waals surface area contributed by atoms with Gasteiger partial charge in [0, 0.05) is 30.2 Å². The van der Waals surface area contributed by atoms with Gasteiger partial charge < -0.3 is 15.5 Å². The van der Waals surface area contributed by atoms with Crippen LogP contribution >= 0.6 is 11.6 Å². The lowest BCUT2D eigenvalue weighted by atomic mass is 10.1. The summed E-state index contributed by atoms with van der Waals surface area (Å²) >= 11 is 5.92. The molecule has 32 heavy (non-hydrogen) atoms. The summed E-state index contributed by atoms with van der Waals surface area (Å²) in [5.41, 5.74) is 2.47. The van der Waals surface area contributed by atoms with Crippen molar-refractivity contribution < 1.29 is 14.4 Å². The van der Waals surface area contributed by atoms with Gasteiger partial charge in [-0.1, -0.05) is 54.1 Å². The Balaban J connectivity index is 1.42. The minimum absolute atomic E-state index is 0.108. The molecule has 3 aromatic carbocycles. The Hall–Kier alpha value is -3.64. The zero-order valence-electron chi connectivity index (χ0n) is 17.3. The number of hydrogen-bond donors (Lipinski definition) is 2. The Morgan fingerprint density at radius 2 is 1.62 bits per heavy atom. The molecule has 1 aliphatic heterocycles. The van der Waals surface area contributed by atoms with E-state index in [9.17, 15) is 14.4 Å². The van der Waals surface area contributed by atoms with Crippen LogP contribution in [0.4, 0.5) is 11.4 Å². The summed E-state index contributed by atoms with van der Waals surface area (Å²) < 4.78 is 0. The monoisotopic (exact) mass is 447 g/mol. The molecule has 3 amide bonds. The number of para-hydroxylation sites is 1. The van der Waals surface area contributed by atoms with E-state index in [4.69, 9.17) is 11.6 Å². The lowest BCUT2D eigenvalue weighted by Crippen LogP contribution is -2.29. The molecule has 0 bridgehead atoms. The summed E-state index contributed by atoms with van der Waals surface area (Å²) in [4.78, 5) is 39.7. The Labute approximate surface area is 191 Å². The van der Waals surface area contributed by atoms with Crippen LogP contribution in [0.2, 0.25) is 5.02 Å². The zero-order valence-corrected chi connectivity index (χ0v) is 18.0. The van der Waals surface area contributed by atoms with Gasteiger partial charge in [0.2, 0.25) is 11.8 Å². The van der Waals surface area contributed by atoms with Crippen molar-refractivity contribution in [1.29, 1.82) is 0 Å². The summed E-state index contributed by atoms with van der Waals surface area (Å²) in [6, 6.07) is 23.4. The molecule has 1 saturated heterocycles. The second-order valence-corrected chi connectivity index (χ2v) is 8.02. The molecule has 162 valence electrons. The summed E-state index contributed by atoms with van der Waals surface area (Å²) in [6.45, 7) is 0.657. The van der Waals surface area contributed by atoms with E-state index in [0.29, 0.717) is 28.5 Å². The van der Waals surface area contributed by atoms with E-state index in [1.807, 2.05) is 30.3 Å². The molecular formula is C25H22ClN3O3. The van der Waals surface area contributed by atoms with Crippen molar-refractivity contribution in [3.05, 3.63) is 95.0 Å². The number of rotatable bonds is 6. The number of amides is 3. The Kier molecular flexibility index (Phi) is 6.52. The first-order valence-corrected chi connectivity index (χ1v) is 10.7. The van der Waals surface area contributed by atoms with Crippen LogP contribution in [0.25, 0.3) is 0 Å². The SMILES string of the molecule is O=C(NCc1ccccc1)c1ccccc1NC(=O)[C@H]1CC(=O)N(c2ccc(Cl)cc2)C1. The molecular weight excluding hydrogens is 426 g/mol. The molecule has 1 aliphatic rings. The molecule has 1 atom stereocenters. The summed E-state index contributed by atoms with van der Waals surface area (Å²) in [6.07, 6.45) is 0.108. The Morgan fingerprint density at radius 3 is 2.38 bits per heavy atom. The van der Waals surface area contributed by atoms with E-state index < -0.39 is 5.92 Å². The minimum atomic E-state index is -0.515. The summed E-state index contributed by atoms with van der Waals surface area (Å²) in [7, 11) is 0. The van der Waals surface area contributed by atoms with E-state index in [1.54, 1.807) is 53.4 Å². The summed E-state index contributed by atoms with van der Waals surface area (Å²) in [5, 5.41) is 6.29. The number of carbonyl (C=O) groups excluding carboxylic acids is 3. The molecule has 0 spiro atoms. The van der Waals surface area contributed by atoms with Crippen molar-refractivity contribution >= 4 is 40.7 Å². The van der Waals surface area contributed by atoms with Gasteiger partial charge in [0.25, 0.3) is 5.91 Å². The van der Waals surface area contributed by atoms with Gasteiger partial charge in [0.05, 0.1) is 17.2 Å². The number of carbonyl (C=O) groups is 3. The highest BCUT2D eigenvalue weighted by Crippen LogP contribution is 2.27. The number of benzene rings is 3. The molecule has 3 aromatic rings. The summed E-state index contributed by atoms with van der Waals surface area (Å²) in [5.74, 6) is -1.21. The Morgan fingerprint density at radius 1 is 0.938 bits per heavy atom. The van der Waals surface area contributed by atoms with Crippen LogP contribution in [0.15, 0.2) is 78.9 Å². The third-order valence-electron chi connectivity index (χ3n) is 5.36. The fourth-order valence-corrected chi connectivity index (χ4v) is 3.78. The van der Waals surface area contributed by atoms with Crippen molar-refractivity contribution in [1.82, 2.24) is 5.32 Å². The topological polar surface area (TPSA) is 78.5 Å². The van der Waals surface area contributed by atoms with Gasteiger partial charge in [0.1, 0.15) is 0 Å². The van der Waals surface area contributed by atoms with Gasteiger partial charge in [-0.25, -0.2) is 0 Å². The largest absolute Gasteiger partial charge is 0.348 e. The zero-order chi connectivity index (χ0) is 22.5. The maximum absolute atomic E-state index is 12.9. The molecule has 0 radical (unpaired) electrons. The van der Waals surface area contributed by atoms with Crippen molar-refractivity contribution in [3.63, 3.8) is 0 Å². The number of halogens is 1. The van der Waals surface area contributed by atoms with E-state index in [-0.39, 0.29) is 30.7 Å². The smallest absolute Gasteiger partial charge is 0.253 e. The third kappa shape index (κ3) is 4.98. The highest BCUT2D eigenvalue weighted by Gasteiger charge is 2.35. The maximum atomic E-state index is 12.9. The molecule has 0 aromatic heterocycles.